The molecule has 7 nitrogen and oxygen atoms in total. The van der Waals surface area contributed by atoms with E-state index in [0.717, 1.165) is 0 Å². The number of carbonyl (C=O) groups excluding carboxylic acids is 1. The van der Waals surface area contributed by atoms with Crippen LogP contribution < -0.4 is 10.1 Å². The molecule has 1 aromatic carbocycles. The van der Waals surface area contributed by atoms with Crippen molar-refractivity contribution in [3.8, 4) is 5.75 Å². The van der Waals surface area contributed by atoms with E-state index in [9.17, 15) is 13.2 Å². The second kappa shape index (κ2) is 7.29. The highest BCUT2D eigenvalue weighted by molar-refractivity contribution is 7.86. The number of ether oxygens (including phenoxy) is 1. The van der Waals surface area contributed by atoms with Crippen molar-refractivity contribution in [1.29, 1.82) is 0 Å². The molecule has 0 aromatic heterocycles. The van der Waals surface area contributed by atoms with Crippen LogP contribution in [0.15, 0.2) is 24.3 Å². The molecule has 0 unspecified atom stereocenters. The molecule has 23 heavy (non-hydrogen) atoms. The molecule has 0 bridgehead atoms. The third-order valence-electron chi connectivity index (χ3n) is 3.91. The molecular formula is C15H23N3O4S. The first-order valence-electron chi connectivity index (χ1n) is 7.47. The zero-order valence-electron chi connectivity index (χ0n) is 13.7. The van der Waals surface area contributed by atoms with Crippen molar-refractivity contribution in [3.63, 3.8) is 0 Å². The Morgan fingerprint density at radius 1 is 1.35 bits per heavy atom. The van der Waals surface area contributed by atoms with Gasteiger partial charge >= 0.3 is 0 Å². The molecule has 1 atom stereocenters. The molecule has 1 saturated heterocycles. The molecule has 8 heteroatoms. The van der Waals surface area contributed by atoms with Gasteiger partial charge in [0, 0.05) is 27.2 Å². The van der Waals surface area contributed by atoms with E-state index in [1.165, 1.54) is 29.8 Å². The van der Waals surface area contributed by atoms with Crippen LogP contribution in [0.3, 0.4) is 0 Å². The summed E-state index contributed by atoms with van der Waals surface area (Å²) in [5.74, 6) is 0.0194. The Labute approximate surface area is 137 Å². The summed E-state index contributed by atoms with van der Waals surface area (Å²) in [5, 5.41) is 2.83. The number of hydrogen-bond donors (Lipinski definition) is 1. The van der Waals surface area contributed by atoms with Crippen LogP contribution in [0.5, 0.6) is 5.75 Å². The Balaban J connectivity index is 2.08. The zero-order chi connectivity index (χ0) is 17.0. The topological polar surface area (TPSA) is 79.0 Å². The maximum atomic E-state index is 12.5. The summed E-state index contributed by atoms with van der Waals surface area (Å²) < 4.78 is 32.2. The Kier molecular flexibility index (Phi) is 5.61. The van der Waals surface area contributed by atoms with E-state index in [1.54, 1.807) is 12.1 Å². The van der Waals surface area contributed by atoms with E-state index in [-0.39, 0.29) is 18.4 Å². The maximum absolute atomic E-state index is 12.5. The summed E-state index contributed by atoms with van der Waals surface area (Å²) in [6, 6.07) is 7.15. The molecule has 0 spiro atoms. The van der Waals surface area contributed by atoms with Gasteiger partial charge in [-0.2, -0.15) is 17.0 Å². The number of nitrogens with one attached hydrogen (secondary N) is 1. The van der Waals surface area contributed by atoms with E-state index in [1.807, 2.05) is 12.1 Å². The minimum absolute atomic E-state index is 0.187. The summed E-state index contributed by atoms with van der Waals surface area (Å²) in [7, 11) is 1.04. The fourth-order valence-electron chi connectivity index (χ4n) is 2.58. The monoisotopic (exact) mass is 341 g/mol. The Hall–Kier alpha value is -1.64. The van der Waals surface area contributed by atoms with Crippen molar-refractivity contribution in [2.45, 2.75) is 12.8 Å². The SMILES string of the molecule is COc1ccccc1NC(=O)[C@H]1CCCN(S(=O)(=O)N(C)C)C1. The van der Waals surface area contributed by atoms with Crippen molar-refractivity contribution >= 4 is 21.8 Å². The number of amides is 1. The number of hydrogen-bond acceptors (Lipinski definition) is 4. The standard InChI is InChI=1S/C15H23N3O4S/c1-17(2)23(20,21)18-10-6-7-12(11-18)15(19)16-13-8-4-5-9-14(13)22-3/h4-5,8-9,12H,6-7,10-11H2,1-3H3,(H,16,19)/t12-/m0/s1. The number of benzene rings is 1. The number of para-hydroxylation sites is 2. The molecule has 1 heterocycles. The van der Waals surface area contributed by atoms with E-state index in [4.69, 9.17) is 4.74 Å². The molecule has 1 aromatic rings. The van der Waals surface area contributed by atoms with Gasteiger partial charge < -0.3 is 10.1 Å². The summed E-state index contributed by atoms with van der Waals surface area (Å²) in [4.78, 5) is 12.5. The Bertz CT molecular complexity index is 660. The van der Waals surface area contributed by atoms with E-state index in [0.29, 0.717) is 30.8 Å². The molecule has 0 radical (unpaired) electrons. The van der Waals surface area contributed by atoms with Crippen LogP contribution in [-0.2, 0) is 15.0 Å². The molecule has 0 aliphatic carbocycles. The third kappa shape index (κ3) is 4.01. The van der Waals surface area contributed by atoms with Crippen LogP contribution in [0.25, 0.3) is 0 Å². The molecule has 2 rings (SSSR count). The second-order valence-corrected chi connectivity index (χ2v) is 7.82. The molecule has 128 valence electrons. The number of rotatable bonds is 5. The highest BCUT2D eigenvalue weighted by Gasteiger charge is 2.33. The molecule has 1 aliphatic rings. The largest absolute Gasteiger partial charge is 0.495 e. The number of nitrogens with zero attached hydrogens (tertiary/aromatic N) is 2. The highest BCUT2D eigenvalue weighted by atomic mass is 32.2. The predicted octanol–water partition coefficient (Wildman–Crippen LogP) is 1.15. The smallest absolute Gasteiger partial charge is 0.281 e. The van der Waals surface area contributed by atoms with E-state index >= 15 is 0 Å². The summed E-state index contributed by atoms with van der Waals surface area (Å²) in [6.45, 7) is 0.639. The molecule has 1 amide bonds. The average Bonchev–Trinajstić information content (AvgIpc) is 2.55. The fourth-order valence-corrected chi connectivity index (χ4v) is 3.77. The fraction of sp³-hybridized carbons (Fsp3) is 0.533. The van der Waals surface area contributed by atoms with Gasteiger partial charge in [0.1, 0.15) is 5.75 Å². The lowest BCUT2D eigenvalue weighted by Crippen LogP contribution is -2.47. The van der Waals surface area contributed by atoms with Crippen molar-refractivity contribution in [1.82, 2.24) is 8.61 Å². The number of anilines is 1. The van der Waals surface area contributed by atoms with Crippen molar-refractivity contribution in [3.05, 3.63) is 24.3 Å². The van der Waals surface area contributed by atoms with Gasteiger partial charge in [-0.25, -0.2) is 0 Å². The van der Waals surface area contributed by atoms with Crippen LogP contribution in [0.1, 0.15) is 12.8 Å². The summed E-state index contributed by atoms with van der Waals surface area (Å²) in [5.41, 5.74) is 0.590. The quantitative estimate of drug-likeness (QED) is 0.871. The van der Waals surface area contributed by atoms with Crippen molar-refractivity contribution in [2.75, 3.05) is 39.6 Å². The zero-order valence-corrected chi connectivity index (χ0v) is 14.5. The summed E-state index contributed by atoms with van der Waals surface area (Å²) >= 11 is 0. The minimum atomic E-state index is -3.49. The van der Waals surface area contributed by atoms with Gasteiger partial charge in [-0.1, -0.05) is 12.1 Å². The van der Waals surface area contributed by atoms with Crippen molar-refractivity contribution in [2.24, 2.45) is 5.92 Å². The normalized spacial score (nSPS) is 19.6. The van der Waals surface area contributed by atoms with Gasteiger partial charge in [0.2, 0.25) is 5.91 Å². The lowest BCUT2D eigenvalue weighted by atomic mass is 9.98. The van der Waals surface area contributed by atoms with Crippen LogP contribution in [0.4, 0.5) is 5.69 Å². The molecule has 1 fully saturated rings. The second-order valence-electron chi connectivity index (χ2n) is 5.68. The number of piperidine rings is 1. The Morgan fingerprint density at radius 2 is 2.04 bits per heavy atom. The van der Waals surface area contributed by atoms with E-state index < -0.39 is 10.2 Å². The molecule has 1 N–H and O–H groups in total. The minimum Gasteiger partial charge on any atom is -0.495 e. The van der Waals surface area contributed by atoms with Crippen LogP contribution in [0.2, 0.25) is 0 Å². The summed E-state index contributed by atoms with van der Waals surface area (Å²) in [6.07, 6.45) is 1.33. The van der Waals surface area contributed by atoms with Crippen LogP contribution >= 0.6 is 0 Å². The lowest BCUT2D eigenvalue weighted by molar-refractivity contribution is -0.120. The highest BCUT2D eigenvalue weighted by Crippen LogP contribution is 2.26. The van der Waals surface area contributed by atoms with Gasteiger partial charge in [-0.05, 0) is 25.0 Å². The van der Waals surface area contributed by atoms with Crippen LogP contribution in [-0.4, -0.2) is 57.2 Å². The van der Waals surface area contributed by atoms with Gasteiger partial charge in [-0.15, -0.1) is 0 Å². The molecule has 0 saturated carbocycles. The van der Waals surface area contributed by atoms with Crippen LogP contribution in [0, 0.1) is 5.92 Å². The van der Waals surface area contributed by atoms with Gasteiger partial charge in [0.15, 0.2) is 0 Å². The third-order valence-corrected chi connectivity index (χ3v) is 5.81. The maximum Gasteiger partial charge on any atom is 0.281 e. The first kappa shape index (κ1) is 17.7. The van der Waals surface area contributed by atoms with Gasteiger partial charge in [0.05, 0.1) is 18.7 Å². The molecular weight excluding hydrogens is 318 g/mol. The van der Waals surface area contributed by atoms with Crippen molar-refractivity contribution < 1.29 is 17.9 Å². The predicted molar refractivity (Wildman–Crippen MR) is 88.5 cm³/mol. The van der Waals surface area contributed by atoms with Gasteiger partial charge in [-0.3, -0.25) is 4.79 Å². The van der Waals surface area contributed by atoms with Gasteiger partial charge in [0.25, 0.3) is 10.2 Å². The first-order chi connectivity index (χ1) is 10.9. The molecule has 1 aliphatic heterocycles. The first-order valence-corrected chi connectivity index (χ1v) is 8.87. The Morgan fingerprint density at radius 3 is 2.70 bits per heavy atom. The average molecular weight is 341 g/mol. The number of methoxy groups -OCH3 is 1. The lowest BCUT2D eigenvalue weighted by Gasteiger charge is -2.32. The van der Waals surface area contributed by atoms with E-state index in [2.05, 4.69) is 5.32 Å². The number of carbonyl (C=O) groups is 1.